The molecule has 0 aliphatic rings. The van der Waals surface area contributed by atoms with Crippen molar-refractivity contribution in [3.63, 3.8) is 0 Å². The van der Waals surface area contributed by atoms with Crippen LogP contribution < -0.4 is 10.5 Å². The van der Waals surface area contributed by atoms with Crippen molar-refractivity contribution in [2.75, 3.05) is 13.2 Å². The monoisotopic (exact) mass is 235 g/mol. The van der Waals surface area contributed by atoms with Gasteiger partial charge in [-0.25, -0.2) is 0 Å². The molecule has 1 rings (SSSR count). The summed E-state index contributed by atoms with van der Waals surface area (Å²) in [6.45, 7) is 0.281. The second-order valence-electron chi connectivity index (χ2n) is 2.78. The SMILES string of the molecule is NCC(O)COc1ccc(Cl)cc1Cl. The molecule has 1 unspecified atom stereocenters. The molecule has 0 aliphatic heterocycles. The molecule has 1 atom stereocenters. The topological polar surface area (TPSA) is 55.5 Å². The third kappa shape index (κ3) is 3.35. The third-order valence-electron chi connectivity index (χ3n) is 1.60. The van der Waals surface area contributed by atoms with Gasteiger partial charge in [0, 0.05) is 11.6 Å². The minimum Gasteiger partial charge on any atom is -0.489 e. The highest BCUT2D eigenvalue weighted by Crippen LogP contribution is 2.27. The second-order valence-corrected chi connectivity index (χ2v) is 3.62. The number of aliphatic hydroxyl groups excluding tert-OH is 1. The minimum absolute atomic E-state index is 0.123. The standard InChI is InChI=1S/C9H11Cl2NO2/c10-6-1-2-9(8(11)3-6)14-5-7(13)4-12/h1-3,7,13H,4-5,12H2. The first-order valence-electron chi connectivity index (χ1n) is 4.09. The Morgan fingerprint density at radius 3 is 2.71 bits per heavy atom. The van der Waals surface area contributed by atoms with Gasteiger partial charge in [0.1, 0.15) is 18.5 Å². The zero-order valence-electron chi connectivity index (χ0n) is 7.41. The van der Waals surface area contributed by atoms with Crippen LogP contribution in [0.25, 0.3) is 0 Å². The number of ether oxygens (including phenoxy) is 1. The second kappa shape index (κ2) is 5.41. The van der Waals surface area contributed by atoms with Gasteiger partial charge in [0.15, 0.2) is 0 Å². The maximum Gasteiger partial charge on any atom is 0.138 e. The molecule has 3 N–H and O–H groups in total. The summed E-state index contributed by atoms with van der Waals surface area (Å²) < 4.78 is 5.22. The Kier molecular flexibility index (Phi) is 4.48. The summed E-state index contributed by atoms with van der Waals surface area (Å²) in [5.41, 5.74) is 5.21. The zero-order valence-corrected chi connectivity index (χ0v) is 8.92. The van der Waals surface area contributed by atoms with Crippen LogP contribution in [0.2, 0.25) is 10.0 Å². The smallest absolute Gasteiger partial charge is 0.138 e. The minimum atomic E-state index is -0.679. The molecule has 14 heavy (non-hydrogen) atoms. The van der Waals surface area contributed by atoms with Crippen LogP contribution in [0.1, 0.15) is 0 Å². The maximum atomic E-state index is 9.15. The van der Waals surface area contributed by atoms with Gasteiger partial charge < -0.3 is 15.6 Å². The Morgan fingerprint density at radius 1 is 1.43 bits per heavy atom. The van der Waals surface area contributed by atoms with Crippen molar-refractivity contribution in [2.45, 2.75) is 6.10 Å². The fourth-order valence-electron chi connectivity index (χ4n) is 0.846. The Balaban J connectivity index is 2.59. The van der Waals surface area contributed by atoms with Gasteiger partial charge in [-0.15, -0.1) is 0 Å². The molecule has 0 radical (unpaired) electrons. The van der Waals surface area contributed by atoms with Gasteiger partial charge in [-0.05, 0) is 18.2 Å². The van der Waals surface area contributed by atoms with Crippen molar-refractivity contribution >= 4 is 23.2 Å². The van der Waals surface area contributed by atoms with Gasteiger partial charge in [-0.1, -0.05) is 23.2 Å². The van der Waals surface area contributed by atoms with Crippen LogP contribution in [0.5, 0.6) is 5.75 Å². The number of rotatable bonds is 4. The van der Waals surface area contributed by atoms with E-state index in [4.69, 9.17) is 38.8 Å². The molecule has 5 heteroatoms. The molecule has 0 spiro atoms. The van der Waals surface area contributed by atoms with E-state index in [0.29, 0.717) is 15.8 Å². The van der Waals surface area contributed by atoms with Gasteiger partial charge >= 0.3 is 0 Å². The van der Waals surface area contributed by atoms with Gasteiger partial charge in [-0.3, -0.25) is 0 Å². The number of hydrogen-bond acceptors (Lipinski definition) is 3. The van der Waals surface area contributed by atoms with E-state index in [1.165, 1.54) is 0 Å². The average molecular weight is 236 g/mol. The highest BCUT2D eigenvalue weighted by molar-refractivity contribution is 6.35. The molecule has 0 bridgehead atoms. The molecule has 0 saturated heterocycles. The Morgan fingerprint density at radius 2 is 2.14 bits per heavy atom. The van der Waals surface area contributed by atoms with Crippen molar-refractivity contribution in [1.82, 2.24) is 0 Å². The van der Waals surface area contributed by atoms with E-state index in [1.807, 2.05) is 0 Å². The number of benzene rings is 1. The first-order valence-corrected chi connectivity index (χ1v) is 4.85. The van der Waals surface area contributed by atoms with Crippen LogP contribution in [0.4, 0.5) is 0 Å². The summed E-state index contributed by atoms with van der Waals surface area (Å²) in [6, 6.07) is 4.89. The van der Waals surface area contributed by atoms with E-state index in [-0.39, 0.29) is 13.2 Å². The lowest BCUT2D eigenvalue weighted by Gasteiger charge is -2.11. The van der Waals surface area contributed by atoms with Crippen molar-refractivity contribution < 1.29 is 9.84 Å². The van der Waals surface area contributed by atoms with Gasteiger partial charge in [0.2, 0.25) is 0 Å². The third-order valence-corrected chi connectivity index (χ3v) is 2.13. The van der Waals surface area contributed by atoms with Crippen LogP contribution >= 0.6 is 23.2 Å². The highest BCUT2D eigenvalue weighted by Gasteiger charge is 2.05. The van der Waals surface area contributed by atoms with E-state index >= 15 is 0 Å². The Hall–Kier alpha value is -0.480. The molecule has 1 aromatic carbocycles. The summed E-state index contributed by atoms with van der Waals surface area (Å²) in [4.78, 5) is 0. The highest BCUT2D eigenvalue weighted by atomic mass is 35.5. The predicted molar refractivity (Wildman–Crippen MR) is 57.0 cm³/mol. The molecule has 0 aromatic heterocycles. The molecular formula is C9H11Cl2NO2. The average Bonchev–Trinajstić information content (AvgIpc) is 2.16. The normalized spacial score (nSPS) is 12.6. The maximum absolute atomic E-state index is 9.15. The van der Waals surface area contributed by atoms with Crippen molar-refractivity contribution in [1.29, 1.82) is 0 Å². The fourth-order valence-corrected chi connectivity index (χ4v) is 1.31. The molecule has 3 nitrogen and oxygen atoms in total. The van der Waals surface area contributed by atoms with Crippen LogP contribution in [-0.4, -0.2) is 24.4 Å². The van der Waals surface area contributed by atoms with E-state index in [9.17, 15) is 0 Å². The number of nitrogens with two attached hydrogens (primary N) is 1. The molecule has 0 fully saturated rings. The lowest BCUT2D eigenvalue weighted by atomic mass is 10.3. The summed E-state index contributed by atoms with van der Waals surface area (Å²) in [6.07, 6.45) is -0.679. The van der Waals surface area contributed by atoms with Crippen LogP contribution in [-0.2, 0) is 0 Å². The molecule has 0 aliphatic carbocycles. The van der Waals surface area contributed by atoms with E-state index < -0.39 is 6.10 Å². The number of hydrogen-bond donors (Lipinski definition) is 2. The number of halogens is 2. The summed E-state index contributed by atoms with van der Waals surface area (Å²) in [5, 5.41) is 10.1. The first-order chi connectivity index (χ1) is 6.63. The van der Waals surface area contributed by atoms with E-state index in [1.54, 1.807) is 18.2 Å². The molecule has 0 amide bonds. The van der Waals surface area contributed by atoms with E-state index in [0.717, 1.165) is 0 Å². The van der Waals surface area contributed by atoms with Crippen molar-refractivity contribution in [2.24, 2.45) is 5.73 Å². The van der Waals surface area contributed by atoms with Gasteiger partial charge in [-0.2, -0.15) is 0 Å². The zero-order chi connectivity index (χ0) is 10.6. The van der Waals surface area contributed by atoms with Gasteiger partial charge in [0.05, 0.1) is 5.02 Å². The molecule has 1 aromatic rings. The van der Waals surface area contributed by atoms with Crippen LogP contribution in [0.15, 0.2) is 18.2 Å². The van der Waals surface area contributed by atoms with Crippen molar-refractivity contribution in [3.05, 3.63) is 28.2 Å². The fraction of sp³-hybridized carbons (Fsp3) is 0.333. The lowest BCUT2D eigenvalue weighted by Crippen LogP contribution is -2.26. The van der Waals surface area contributed by atoms with Crippen molar-refractivity contribution in [3.8, 4) is 5.75 Å². The Bertz CT molecular complexity index is 307. The van der Waals surface area contributed by atoms with Gasteiger partial charge in [0.25, 0.3) is 0 Å². The summed E-state index contributed by atoms with van der Waals surface area (Å²) >= 11 is 11.5. The summed E-state index contributed by atoms with van der Waals surface area (Å²) in [5.74, 6) is 0.489. The number of aliphatic hydroxyl groups is 1. The Labute approximate surface area is 92.4 Å². The summed E-state index contributed by atoms with van der Waals surface area (Å²) in [7, 11) is 0. The van der Waals surface area contributed by atoms with Crippen LogP contribution in [0, 0.1) is 0 Å². The first kappa shape index (κ1) is 11.6. The quantitative estimate of drug-likeness (QED) is 0.836. The molecule has 78 valence electrons. The largest absolute Gasteiger partial charge is 0.489 e. The lowest BCUT2D eigenvalue weighted by molar-refractivity contribution is 0.114. The molecular weight excluding hydrogens is 225 g/mol. The van der Waals surface area contributed by atoms with Crippen LogP contribution in [0.3, 0.4) is 0 Å². The molecule has 0 heterocycles. The van der Waals surface area contributed by atoms with E-state index in [2.05, 4.69) is 0 Å². The predicted octanol–water partition coefficient (Wildman–Crippen LogP) is 1.69. The molecule has 0 saturated carbocycles.